The van der Waals surface area contributed by atoms with Gasteiger partial charge >= 0.3 is 0 Å². The molecule has 0 heterocycles. The van der Waals surface area contributed by atoms with Gasteiger partial charge in [0.25, 0.3) is 0 Å². The predicted octanol–water partition coefficient (Wildman–Crippen LogP) is 4.68. The summed E-state index contributed by atoms with van der Waals surface area (Å²) in [5.74, 6) is 0.552. The van der Waals surface area contributed by atoms with Crippen LogP contribution in [0.3, 0.4) is 0 Å². The van der Waals surface area contributed by atoms with Crippen molar-refractivity contribution in [2.24, 2.45) is 0 Å². The van der Waals surface area contributed by atoms with Crippen LogP contribution in [-0.2, 0) is 6.42 Å². The van der Waals surface area contributed by atoms with Gasteiger partial charge in [-0.15, -0.1) is 0 Å². The summed E-state index contributed by atoms with van der Waals surface area (Å²) >= 11 is 0. The van der Waals surface area contributed by atoms with Gasteiger partial charge in [0.15, 0.2) is 0 Å². The summed E-state index contributed by atoms with van der Waals surface area (Å²) < 4.78 is 0. The van der Waals surface area contributed by atoms with Crippen LogP contribution < -0.4 is 0 Å². The van der Waals surface area contributed by atoms with E-state index in [9.17, 15) is 0 Å². The van der Waals surface area contributed by atoms with E-state index in [1.165, 1.54) is 16.7 Å². The number of rotatable bonds is 4. The van der Waals surface area contributed by atoms with Gasteiger partial charge in [-0.05, 0) is 29.0 Å². The monoisotopic (exact) mass is 222 g/mol. The third kappa shape index (κ3) is 3.07. The summed E-state index contributed by atoms with van der Waals surface area (Å²) in [4.78, 5) is 0. The Morgan fingerprint density at radius 1 is 1.00 bits per heavy atom. The van der Waals surface area contributed by atoms with E-state index in [0.29, 0.717) is 5.92 Å². The molecule has 0 bridgehead atoms. The summed E-state index contributed by atoms with van der Waals surface area (Å²) in [6, 6.07) is 19.3. The van der Waals surface area contributed by atoms with Crippen LogP contribution in [0.2, 0.25) is 0 Å². The fraction of sp³-hybridized carbons (Fsp3) is 0.176. The average molecular weight is 222 g/mol. The molecule has 0 spiro atoms. The van der Waals surface area contributed by atoms with Crippen molar-refractivity contribution in [3.05, 3.63) is 77.9 Å². The molecule has 0 N–H and O–H groups in total. The summed E-state index contributed by atoms with van der Waals surface area (Å²) in [5.41, 5.74) is 3.97. The zero-order valence-corrected chi connectivity index (χ0v) is 10.3. The minimum atomic E-state index is 0.552. The van der Waals surface area contributed by atoms with Gasteiger partial charge in [-0.25, -0.2) is 0 Å². The van der Waals surface area contributed by atoms with Gasteiger partial charge in [0.1, 0.15) is 0 Å². The molecule has 0 saturated carbocycles. The van der Waals surface area contributed by atoms with Gasteiger partial charge in [0.2, 0.25) is 0 Å². The van der Waals surface area contributed by atoms with E-state index in [4.69, 9.17) is 0 Å². The Morgan fingerprint density at radius 3 is 2.24 bits per heavy atom. The smallest absolute Gasteiger partial charge is 0.0150 e. The lowest BCUT2D eigenvalue weighted by Crippen LogP contribution is -1.98. The lowest BCUT2D eigenvalue weighted by Gasteiger charge is -2.12. The molecule has 2 aromatic rings. The first-order chi connectivity index (χ1) is 8.29. The van der Waals surface area contributed by atoms with E-state index < -0.39 is 0 Å². The van der Waals surface area contributed by atoms with E-state index in [1.807, 2.05) is 6.08 Å². The van der Waals surface area contributed by atoms with Crippen LogP contribution in [0.4, 0.5) is 0 Å². The second kappa shape index (κ2) is 5.49. The minimum Gasteiger partial charge on any atom is -0.0985 e. The van der Waals surface area contributed by atoms with Crippen LogP contribution in [-0.4, -0.2) is 0 Å². The lowest BCUT2D eigenvalue weighted by atomic mass is 9.93. The van der Waals surface area contributed by atoms with Crippen LogP contribution in [0.15, 0.2) is 61.2 Å². The molecule has 0 radical (unpaired) electrons. The summed E-state index contributed by atoms with van der Waals surface area (Å²) in [7, 11) is 0. The summed E-state index contributed by atoms with van der Waals surface area (Å²) in [6.07, 6.45) is 2.97. The van der Waals surface area contributed by atoms with Gasteiger partial charge in [-0.3, -0.25) is 0 Å². The summed E-state index contributed by atoms with van der Waals surface area (Å²) in [6.45, 7) is 6.05. The highest BCUT2D eigenvalue weighted by molar-refractivity contribution is 5.47. The van der Waals surface area contributed by atoms with Crippen LogP contribution in [0, 0.1) is 0 Å². The van der Waals surface area contributed by atoms with Crippen molar-refractivity contribution >= 4 is 6.08 Å². The molecule has 2 aromatic carbocycles. The van der Waals surface area contributed by atoms with Crippen LogP contribution >= 0.6 is 0 Å². The van der Waals surface area contributed by atoms with Crippen molar-refractivity contribution in [2.45, 2.75) is 19.3 Å². The second-order valence-electron chi connectivity index (χ2n) is 4.46. The summed E-state index contributed by atoms with van der Waals surface area (Å²) in [5, 5.41) is 0. The topological polar surface area (TPSA) is 0 Å². The van der Waals surface area contributed by atoms with E-state index in [2.05, 4.69) is 68.1 Å². The Hall–Kier alpha value is -1.82. The Kier molecular flexibility index (Phi) is 3.77. The zero-order chi connectivity index (χ0) is 12.1. The van der Waals surface area contributed by atoms with Gasteiger partial charge in [-0.1, -0.05) is 74.2 Å². The third-order valence-electron chi connectivity index (χ3n) is 3.13. The van der Waals surface area contributed by atoms with E-state index in [0.717, 1.165) is 6.42 Å². The SMILES string of the molecule is C=Cc1ccc(C(C)Cc2ccccc2)cc1. The number of hydrogen-bond donors (Lipinski definition) is 0. The highest BCUT2D eigenvalue weighted by atomic mass is 14.1. The quantitative estimate of drug-likeness (QED) is 0.705. The fourth-order valence-corrected chi connectivity index (χ4v) is 2.05. The molecule has 0 saturated heterocycles. The molecule has 0 amide bonds. The maximum Gasteiger partial charge on any atom is -0.0150 e. The molecule has 2 rings (SSSR count). The van der Waals surface area contributed by atoms with Crippen molar-refractivity contribution in [1.29, 1.82) is 0 Å². The maximum absolute atomic E-state index is 3.77. The molecule has 0 fully saturated rings. The van der Waals surface area contributed by atoms with E-state index in [1.54, 1.807) is 0 Å². The fourth-order valence-electron chi connectivity index (χ4n) is 2.05. The van der Waals surface area contributed by atoms with Crippen molar-refractivity contribution in [2.75, 3.05) is 0 Å². The molecule has 0 aliphatic heterocycles. The molecule has 17 heavy (non-hydrogen) atoms. The van der Waals surface area contributed by atoms with Crippen molar-refractivity contribution < 1.29 is 0 Å². The first kappa shape index (κ1) is 11.7. The zero-order valence-electron chi connectivity index (χ0n) is 10.3. The normalized spacial score (nSPS) is 12.1. The minimum absolute atomic E-state index is 0.552. The van der Waals surface area contributed by atoms with Gasteiger partial charge < -0.3 is 0 Å². The lowest BCUT2D eigenvalue weighted by molar-refractivity contribution is 0.759. The molecule has 0 aliphatic rings. The Morgan fingerprint density at radius 2 is 1.65 bits per heavy atom. The molecule has 0 nitrogen and oxygen atoms in total. The van der Waals surface area contributed by atoms with Crippen LogP contribution in [0.25, 0.3) is 6.08 Å². The first-order valence-corrected chi connectivity index (χ1v) is 6.06. The predicted molar refractivity (Wildman–Crippen MR) is 75.1 cm³/mol. The molecule has 1 unspecified atom stereocenters. The average Bonchev–Trinajstić information content (AvgIpc) is 2.40. The van der Waals surface area contributed by atoms with Crippen LogP contribution in [0.5, 0.6) is 0 Å². The van der Waals surface area contributed by atoms with E-state index in [-0.39, 0.29) is 0 Å². The van der Waals surface area contributed by atoms with Crippen molar-refractivity contribution in [1.82, 2.24) is 0 Å². The molecule has 86 valence electrons. The highest BCUT2D eigenvalue weighted by Crippen LogP contribution is 2.20. The maximum atomic E-state index is 3.77. The Balaban J connectivity index is 2.09. The van der Waals surface area contributed by atoms with Gasteiger partial charge in [-0.2, -0.15) is 0 Å². The highest BCUT2D eigenvalue weighted by Gasteiger charge is 2.05. The molecule has 0 aromatic heterocycles. The second-order valence-corrected chi connectivity index (χ2v) is 4.46. The van der Waals surface area contributed by atoms with Crippen molar-refractivity contribution in [3.63, 3.8) is 0 Å². The number of benzene rings is 2. The molecular weight excluding hydrogens is 204 g/mol. The molecule has 0 aliphatic carbocycles. The number of hydrogen-bond acceptors (Lipinski definition) is 0. The molecule has 1 atom stereocenters. The first-order valence-electron chi connectivity index (χ1n) is 6.06. The Bertz CT molecular complexity index is 465. The van der Waals surface area contributed by atoms with Gasteiger partial charge in [0, 0.05) is 0 Å². The molecular formula is C17H18. The van der Waals surface area contributed by atoms with Gasteiger partial charge in [0.05, 0.1) is 0 Å². The van der Waals surface area contributed by atoms with Crippen LogP contribution in [0.1, 0.15) is 29.5 Å². The third-order valence-corrected chi connectivity index (χ3v) is 3.13. The van der Waals surface area contributed by atoms with Crippen molar-refractivity contribution in [3.8, 4) is 0 Å². The largest absolute Gasteiger partial charge is 0.0985 e. The Labute approximate surface area is 104 Å². The standard InChI is InChI=1S/C17H18/c1-3-15-9-11-17(12-10-15)14(2)13-16-7-5-4-6-8-16/h3-12,14H,1,13H2,2H3. The van der Waals surface area contributed by atoms with E-state index >= 15 is 0 Å². The molecule has 0 heteroatoms.